The number of aromatic amines is 1. The van der Waals surface area contributed by atoms with E-state index in [2.05, 4.69) is 34.6 Å². The number of aryl methyl sites for hydroxylation is 1. The first-order valence-corrected chi connectivity index (χ1v) is 8.45. The monoisotopic (exact) mass is 346 g/mol. The van der Waals surface area contributed by atoms with E-state index in [0.717, 1.165) is 0 Å². The van der Waals surface area contributed by atoms with E-state index in [4.69, 9.17) is 4.74 Å². The standard InChI is InChI=1S/C21H18N2O3/c1-13-10-20(24)22-11-19(13)23-21(25)26-12-18-16-8-4-2-6-14(16)15-7-3-5-9-17(15)18/h2-11,18H,12H2,1H3,(H,22,24)(H,23,25). The van der Waals surface area contributed by atoms with Gasteiger partial charge in [-0.2, -0.15) is 0 Å². The molecule has 0 saturated carbocycles. The summed E-state index contributed by atoms with van der Waals surface area (Å²) in [6, 6.07) is 17.8. The van der Waals surface area contributed by atoms with E-state index in [1.54, 1.807) is 6.92 Å². The minimum Gasteiger partial charge on any atom is -0.448 e. The maximum absolute atomic E-state index is 12.2. The normalized spacial score (nSPS) is 12.3. The molecule has 0 saturated heterocycles. The maximum atomic E-state index is 12.2. The number of pyridine rings is 1. The van der Waals surface area contributed by atoms with Gasteiger partial charge in [-0.25, -0.2) is 4.79 Å². The molecular weight excluding hydrogens is 328 g/mol. The van der Waals surface area contributed by atoms with Crippen LogP contribution in [0.3, 0.4) is 0 Å². The third-order valence-corrected chi connectivity index (χ3v) is 4.71. The first kappa shape index (κ1) is 16.1. The molecule has 2 aromatic carbocycles. The van der Waals surface area contributed by atoms with Gasteiger partial charge in [0.05, 0.1) is 5.69 Å². The average molecular weight is 346 g/mol. The molecule has 5 heteroatoms. The molecule has 130 valence electrons. The molecule has 1 aliphatic rings. The van der Waals surface area contributed by atoms with E-state index in [1.165, 1.54) is 34.5 Å². The first-order chi connectivity index (χ1) is 12.6. The minimum atomic E-state index is -0.540. The van der Waals surface area contributed by atoms with E-state index < -0.39 is 6.09 Å². The Balaban J connectivity index is 1.51. The molecule has 0 atom stereocenters. The molecule has 1 amide bonds. The molecule has 3 aromatic rings. The van der Waals surface area contributed by atoms with E-state index in [-0.39, 0.29) is 18.1 Å². The number of rotatable bonds is 3. The van der Waals surface area contributed by atoms with Crippen LogP contribution in [0.2, 0.25) is 0 Å². The van der Waals surface area contributed by atoms with Gasteiger partial charge in [0, 0.05) is 18.2 Å². The van der Waals surface area contributed by atoms with Gasteiger partial charge in [-0.1, -0.05) is 48.5 Å². The molecule has 4 rings (SSSR count). The third-order valence-electron chi connectivity index (χ3n) is 4.71. The van der Waals surface area contributed by atoms with E-state index in [9.17, 15) is 9.59 Å². The second kappa shape index (κ2) is 6.52. The zero-order chi connectivity index (χ0) is 18.1. The summed E-state index contributed by atoms with van der Waals surface area (Å²) in [5.41, 5.74) is 5.72. The Labute approximate surface area is 150 Å². The predicted octanol–water partition coefficient (Wildman–Crippen LogP) is 4.04. The van der Waals surface area contributed by atoms with Crippen molar-refractivity contribution in [3.05, 3.63) is 87.8 Å². The molecule has 0 bridgehead atoms. The Hall–Kier alpha value is -3.34. The largest absolute Gasteiger partial charge is 0.448 e. The van der Waals surface area contributed by atoms with E-state index in [1.807, 2.05) is 24.3 Å². The van der Waals surface area contributed by atoms with Crippen LogP contribution in [0, 0.1) is 6.92 Å². The fraction of sp³-hybridized carbons (Fsp3) is 0.143. The van der Waals surface area contributed by atoms with Crippen molar-refractivity contribution < 1.29 is 9.53 Å². The summed E-state index contributed by atoms with van der Waals surface area (Å²) in [5.74, 6) is 0.0184. The van der Waals surface area contributed by atoms with Crippen LogP contribution in [-0.4, -0.2) is 17.7 Å². The van der Waals surface area contributed by atoms with Crippen molar-refractivity contribution in [2.75, 3.05) is 11.9 Å². The van der Waals surface area contributed by atoms with Crippen molar-refractivity contribution in [3.8, 4) is 11.1 Å². The lowest BCUT2D eigenvalue weighted by molar-refractivity contribution is 0.158. The number of aromatic nitrogens is 1. The van der Waals surface area contributed by atoms with Gasteiger partial charge in [-0.3, -0.25) is 10.1 Å². The molecule has 1 aromatic heterocycles. The quantitative estimate of drug-likeness (QED) is 0.752. The summed E-state index contributed by atoms with van der Waals surface area (Å²) in [4.78, 5) is 26.0. The molecule has 0 aliphatic heterocycles. The fourth-order valence-electron chi connectivity index (χ4n) is 3.45. The van der Waals surface area contributed by atoms with Crippen molar-refractivity contribution in [1.29, 1.82) is 0 Å². The molecule has 0 radical (unpaired) electrons. The second-order valence-electron chi connectivity index (χ2n) is 6.34. The number of benzene rings is 2. The third kappa shape index (κ3) is 2.88. The van der Waals surface area contributed by atoms with Gasteiger partial charge in [-0.15, -0.1) is 0 Å². The zero-order valence-electron chi connectivity index (χ0n) is 14.3. The molecular formula is C21H18N2O3. The summed E-state index contributed by atoms with van der Waals surface area (Å²) in [5, 5.41) is 2.68. The Morgan fingerprint density at radius 1 is 1.08 bits per heavy atom. The maximum Gasteiger partial charge on any atom is 0.411 e. The fourth-order valence-corrected chi connectivity index (χ4v) is 3.45. The van der Waals surface area contributed by atoms with Crippen LogP contribution in [0.1, 0.15) is 22.6 Å². The number of carbonyl (C=O) groups excluding carboxylic acids is 1. The highest BCUT2D eigenvalue weighted by atomic mass is 16.5. The molecule has 1 aliphatic carbocycles. The molecule has 2 N–H and O–H groups in total. The Kier molecular flexibility index (Phi) is 4.05. The number of anilines is 1. The first-order valence-electron chi connectivity index (χ1n) is 8.45. The Morgan fingerprint density at radius 3 is 2.31 bits per heavy atom. The highest BCUT2D eigenvalue weighted by molar-refractivity contribution is 5.85. The van der Waals surface area contributed by atoms with Crippen molar-refractivity contribution in [3.63, 3.8) is 0 Å². The Morgan fingerprint density at radius 2 is 1.69 bits per heavy atom. The number of hydrogen-bond acceptors (Lipinski definition) is 3. The van der Waals surface area contributed by atoms with Crippen LogP contribution in [0.4, 0.5) is 10.5 Å². The van der Waals surface area contributed by atoms with Gasteiger partial charge in [0.2, 0.25) is 5.56 Å². The van der Waals surface area contributed by atoms with Crippen molar-refractivity contribution in [2.24, 2.45) is 0 Å². The topological polar surface area (TPSA) is 71.2 Å². The SMILES string of the molecule is Cc1cc(=O)[nH]cc1NC(=O)OCC1c2ccccc2-c2ccccc21. The lowest BCUT2D eigenvalue weighted by Gasteiger charge is -2.15. The van der Waals surface area contributed by atoms with Crippen LogP contribution in [-0.2, 0) is 4.74 Å². The molecule has 0 spiro atoms. The van der Waals surface area contributed by atoms with Crippen LogP contribution < -0.4 is 10.9 Å². The number of carbonyl (C=O) groups is 1. The van der Waals surface area contributed by atoms with Crippen LogP contribution in [0.5, 0.6) is 0 Å². The van der Waals surface area contributed by atoms with Gasteiger partial charge >= 0.3 is 6.09 Å². The summed E-state index contributed by atoms with van der Waals surface area (Å²) in [7, 11) is 0. The van der Waals surface area contributed by atoms with Gasteiger partial charge in [0.25, 0.3) is 0 Å². The van der Waals surface area contributed by atoms with Crippen LogP contribution in [0.15, 0.2) is 65.6 Å². The number of ether oxygens (including phenoxy) is 1. The smallest absolute Gasteiger partial charge is 0.411 e. The second-order valence-corrected chi connectivity index (χ2v) is 6.34. The predicted molar refractivity (Wildman–Crippen MR) is 100 cm³/mol. The highest BCUT2D eigenvalue weighted by Crippen LogP contribution is 2.44. The lowest BCUT2D eigenvalue weighted by Crippen LogP contribution is -2.19. The van der Waals surface area contributed by atoms with E-state index >= 15 is 0 Å². The number of amides is 1. The summed E-state index contributed by atoms with van der Waals surface area (Å²) in [6.45, 7) is 2.01. The van der Waals surface area contributed by atoms with Crippen molar-refractivity contribution in [2.45, 2.75) is 12.8 Å². The zero-order valence-corrected chi connectivity index (χ0v) is 14.3. The van der Waals surface area contributed by atoms with Crippen LogP contribution in [0.25, 0.3) is 11.1 Å². The van der Waals surface area contributed by atoms with Crippen molar-refractivity contribution in [1.82, 2.24) is 4.98 Å². The van der Waals surface area contributed by atoms with Gasteiger partial charge in [0.1, 0.15) is 6.61 Å². The molecule has 5 nitrogen and oxygen atoms in total. The number of hydrogen-bond donors (Lipinski definition) is 2. The summed E-state index contributed by atoms with van der Waals surface area (Å²) in [6.07, 6.45) is 0.932. The van der Waals surface area contributed by atoms with E-state index in [0.29, 0.717) is 11.3 Å². The minimum absolute atomic E-state index is 0.0184. The van der Waals surface area contributed by atoms with Crippen molar-refractivity contribution >= 4 is 11.8 Å². The molecule has 0 unspecified atom stereocenters. The number of fused-ring (bicyclic) bond motifs is 3. The number of nitrogens with one attached hydrogen (secondary N) is 2. The van der Waals surface area contributed by atoms with Gasteiger partial charge in [0.15, 0.2) is 0 Å². The van der Waals surface area contributed by atoms with Gasteiger partial charge < -0.3 is 9.72 Å². The lowest BCUT2D eigenvalue weighted by atomic mass is 9.98. The summed E-state index contributed by atoms with van der Waals surface area (Å²) < 4.78 is 5.49. The Bertz CT molecular complexity index is 994. The average Bonchev–Trinajstić information content (AvgIpc) is 2.96. The number of H-pyrrole nitrogens is 1. The molecule has 0 fully saturated rings. The summed E-state index contributed by atoms with van der Waals surface area (Å²) >= 11 is 0. The molecule has 1 heterocycles. The van der Waals surface area contributed by atoms with Gasteiger partial charge in [-0.05, 0) is 34.7 Å². The molecule has 26 heavy (non-hydrogen) atoms. The van der Waals surface area contributed by atoms with Crippen LogP contribution >= 0.6 is 0 Å². The highest BCUT2D eigenvalue weighted by Gasteiger charge is 2.29.